The minimum Gasteiger partial charge on any atom is -0.299 e. The molecule has 0 spiro atoms. The lowest BCUT2D eigenvalue weighted by Crippen LogP contribution is -2.22. The molecule has 0 unspecified atom stereocenters. The van der Waals surface area contributed by atoms with Gasteiger partial charge in [0.1, 0.15) is 0 Å². The van der Waals surface area contributed by atoms with Gasteiger partial charge in [-0.2, -0.15) is 5.10 Å². The molecule has 1 aliphatic rings. The highest BCUT2D eigenvalue weighted by atomic mass is 79.9. The highest BCUT2D eigenvalue weighted by molar-refractivity contribution is 9.10. The SMILES string of the molecule is C/C(=N/NC(=O)CSc1nnc(-c2ccc(C)cc2)n1C1CCCCC1)c1cccc(Br)c1. The van der Waals surface area contributed by atoms with Gasteiger partial charge in [-0.25, -0.2) is 5.43 Å². The number of aryl methyl sites for hydroxylation is 1. The van der Waals surface area contributed by atoms with Gasteiger partial charge in [0, 0.05) is 16.1 Å². The zero-order valence-electron chi connectivity index (χ0n) is 18.9. The molecular weight excluding hydrogens is 498 g/mol. The predicted octanol–water partition coefficient (Wildman–Crippen LogP) is 6.15. The molecule has 3 aromatic rings. The number of hydrogen-bond donors (Lipinski definition) is 1. The van der Waals surface area contributed by atoms with Gasteiger partial charge in [-0.3, -0.25) is 9.36 Å². The number of benzene rings is 2. The van der Waals surface area contributed by atoms with Crippen LogP contribution in [-0.4, -0.2) is 32.1 Å². The molecule has 1 aliphatic carbocycles. The number of rotatable bonds is 7. The second-order valence-corrected chi connectivity index (χ2v) is 10.2. The Morgan fingerprint density at radius 3 is 2.64 bits per heavy atom. The third kappa shape index (κ3) is 6.12. The summed E-state index contributed by atoms with van der Waals surface area (Å²) in [5.74, 6) is 0.950. The number of nitrogens with one attached hydrogen (secondary N) is 1. The van der Waals surface area contributed by atoms with Crippen LogP contribution in [0, 0.1) is 6.92 Å². The van der Waals surface area contributed by atoms with Crippen LogP contribution in [0.1, 0.15) is 56.2 Å². The van der Waals surface area contributed by atoms with Crippen molar-refractivity contribution in [3.05, 3.63) is 64.1 Å². The molecule has 8 heteroatoms. The van der Waals surface area contributed by atoms with Crippen molar-refractivity contribution < 1.29 is 4.79 Å². The number of carbonyl (C=O) groups excluding carboxylic acids is 1. The van der Waals surface area contributed by atoms with Gasteiger partial charge < -0.3 is 0 Å². The molecule has 6 nitrogen and oxygen atoms in total. The van der Waals surface area contributed by atoms with Crippen LogP contribution in [0.4, 0.5) is 0 Å². The van der Waals surface area contributed by atoms with Crippen molar-refractivity contribution in [1.29, 1.82) is 0 Å². The van der Waals surface area contributed by atoms with Crippen LogP contribution in [0.25, 0.3) is 11.4 Å². The lowest BCUT2D eigenvalue weighted by molar-refractivity contribution is -0.118. The fourth-order valence-corrected chi connectivity index (χ4v) is 5.23. The first kappa shape index (κ1) is 23.7. The number of hydrazone groups is 1. The maximum Gasteiger partial charge on any atom is 0.250 e. The van der Waals surface area contributed by atoms with Crippen molar-refractivity contribution in [3.63, 3.8) is 0 Å². The molecule has 0 bridgehead atoms. The van der Waals surface area contributed by atoms with Gasteiger partial charge in [0.15, 0.2) is 11.0 Å². The van der Waals surface area contributed by atoms with Crippen molar-refractivity contribution in [1.82, 2.24) is 20.2 Å². The summed E-state index contributed by atoms with van der Waals surface area (Å²) in [7, 11) is 0. The molecule has 33 heavy (non-hydrogen) atoms. The number of halogens is 1. The van der Waals surface area contributed by atoms with E-state index in [0.717, 1.165) is 45.1 Å². The summed E-state index contributed by atoms with van der Waals surface area (Å²) in [5, 5.41) is 14.0. The Kier molecular flexibility index (Phi) is 7.98. The van der Waals surface area contributed by atoms with E-state index in [0.29, 0.717) is 6.04 Å². The van der Waals surface area contributed by atoms with Crippen molar-refractivity contribution in [2.75, 3.05) is 5.75 Å². The lowest BCUT2D eigenvalue weighted by Gasteiger charge is -2.25. The molecule has 0 saturated heterocycles. The Hall–Kier alpha value is -2.45. The summed E-state index contributed by atoms with van der Waals surface area (Å²) in [6.07, 6.45) is 5.94. The molecule has 4 rings (SSSR count). The van der Waals surface area contributed by atoms with Gasteiger partial charge in [-0.05, 0) is 44.4 Å². The Bertz CT molecular complexity index is 1140. The van der Waals surface area contributed by atoms with Gasteiger partial charge in [-0.15, -0.1) is 10.2 Å². The van der Waals surface area contributed by atoms with E-state index in [4.69, 9.17) is 0 Å². The van der Waals surface area contributed by atoms with Crippen molar-refractivity contribution >= 4 is 39.3 Å². The van der Waals surface area contributed by atoms with Gasteiger partial charge in [0.05, 0.1) is 11.5 Å². The number of amides is 1. The number of carbonyl (C=O) groups is 1. The molecule has 1 saturated carbocycles. The van der Waals surface area contributed by atoms with Gasteiger partial charge in [0.25, 0.3) is 5.91 Å². The van der Waals surface area contributed by atoms with Crippen molar-refractivity contribution in [3.8, 4) is 11.4 Å². The van der Waals surface area contributed by atoms with E-state index in [2.05, 4.69) is 72.4 Å². The second kappa shape index (κ2) is 11.1. The number of hydrogen-bond acceptors (Lipinski definition) is 5. The molecule has 0 aliphatic heterocycles. The van der Waals surface area contributed by atoms with E-state index in [-0.39, 0.29) is 11.7 Å². The topological polar surface area (TPSA) is 72.2 Å². The standard InChI is InChI=1S/C25H28BrN5OS/c1-17-11-13-19(14-12-17)24-29-30-25(31(24)22-9-4-3-5-10-22)33-16-23(32)28-27-18(2)20-7-6-8-21(26)15-20/h6-8,11-15,22H,3-5,9-10,16H2,1-2H3,(H,28,32)/b27-18-. The monoisotopic (exact) mass is 525 g/mol. The zero-order chi connectivity index (χ0) is 23.2. The van der Waals surface area contributed by atoms with Crippen LogP contribution in [0.15, 0.2) is 63.3 Å². The molecule has 2 aromatic carbocycles. The molecule has 1 N–H and O–H groups in total. The van der Waals surface area contributed by atoms with E-state index < -0.39 is 0 Å². The summed E-state index contributed by atoms with van der Waals surface area (Å²) in [4.78, 5) is 12.5. The van der Waals surface area contributed by atoms with Crippen LogP contribution < -0.4 is 5.43 Å². The van der Waals surface area contributed by atoms with E-state index in [9.17, 15) is 4.79 Å². The van der Waals surface area contributed by atoms with Crippen LogP contribution in [0.3, 0.4) is 0 Å². The smallest absolute Gasteiger partial charge is 0.250 e. The largest absolute Gasteiger partial charge is 0.299 e. The van der Waals surface area contributed by atoms with Crippen molar-refractivity contribution in [2.24, 2.45) is 5.10 Å². The Balaban J connectivity index is 1.47. The highest BCUT2D eigenvalue weighted by Gasteiger charge is 2.24. The average Bonchev–Trinajstić information content (AvgIpc) is 3.26. The van der Waals surface area contributed by atoms with E-state index >= 15 is 0 Å². The maximum atomic E-state index is 12.5. The summed E-state index contributed by atoms with van der Waals surface area (Å²) in [5.41, 5.74) is 6.65. The first-order valence-electron chi connectivity index (χ1n) is 11.2. The molecule has 1 aromatic heterocycles. The van der Waals surface area contributed by atoms with E-state index in [1.54, 1.807) is 0 Å². The minimum absolute atomic E-state index is 0.163. The van der Waals surface area contributed by atoms with Gasteiger partial charge in [0.2, 0.25) is 0 Å². The highest BCUT2D eigenvalue weighted by Crippen LogP contribution is 2.35. The molecule has 172 valence electrons. The minimum atomic E-state index is -0.163. The fourth-order valence-electron chi connectivity index (χ4n) is 4.03. The molecule has 1 amide bonds. The third-order valence-electron chi connectivity index (χ3n) is 5.84. The van der Waals surface area contributed by atoms with Crippen LogP contribution in [-0.2, 0) is 4.79 Å². The summed E-state index contributed by atoms with van der Waals surface area (Å²) >= 11 is 4.88. The van der Waals surface area contributed by atoms with Crippen LogP contribution >= 0.6 is 27.7 Å². The molecule has 1 fully saturated rings. The molecule has 0 atom stereocenters. The molecule has 0 radical (unpaired) electrons. The van der Waals surface area contributed by atoms with Crippen LogP contribution in [0.5, 0.6) is 0 Å². The predicted molar refractivity (Wildman–Crippen MR) is 138 cm³/mol. The summed E-state index contributed by atoms with van der Waals surface area (Å²) < 4.78 is 3.22. The average molecular weight is 527 g/mol. The Morgan fingerprint density at radius 2 is 1.91 bits per heavy atom. The Morgan fingerprint density at radius 1 is 1.15 bits per heavy atom. The lowest BCUT2D eigenvalue weighted by atomic mass is 9.95. The quantitative estimate of drug-likeness (QED) is 0.228. The van der Waals surface area contributed by atoms with Crippen molar-refractivity contribution in [2.45, 2.75) is 57.1 Å². The molecule has 1 heterocycles. The zero-order valence-corrected chi connectivity index (χ0v) is 21.3. The summed E-state index contributed by atoms with van der Waals surface area (Å²) in [6.45, 7) is 3.96. The maximum absolute atomic E-state index is 12.5. The second-order valence-electron chi connectivity index (χ2n) is 8.37. The number of nitrogens with zero attached hydrogens (tertiary/aromatic N) is 4. The Labute approximate surface area is 207 Å². The number of thioether (sulfide) groups is 1. The third-order valence-corrected chi connectivity index (χ3v) is 7.27. The van der Waals surface area contributed by atoms with Gasteiger partial charge >= 0.3 is 0 Å². The normalized spacial score (nSPS) is 14.9. The van der Waals surface area contributed by atoms with Crippen LogP contribution in [0.2, 0.25) is 0 Å². The van der Waals surface area contributed by atoms with E-state index in [1.165, 1.54) is 36.6 Å². The first-order valence-corrected chi connectivity index (χ1v) is 13.0. The summed E-state index contributed by atoms with van der Waals surface area (Å²) in [6, 6.07) is 16.6. The fraction of sp³-hybridized carbons (Fsp3) is 0.360. The first-order chi connectivity index (χ1) is 16.0. The van der Waals surface area contributed by atoms with E-state index in [1.807, 2.05) is 31.2 Å². The van der Waals surface area contributed by atoms with Gasteiger partial charge in [-0.1, -0.05) is 88.9 Å². The molecular formula is C25H28BrN5OS. The number of aromatic nitrogens is 3.